The average molecular weight is 613 g/mol. The number of nitrogens with one attached hydrogen (secondary N) is 1. The Hall–Kier alpha value is -4.71. The molecule has 0 saturated carbocycles. The molecule has 0 fully saturated rings. The maximum atomic E-state index is 13.2. The number of rotatable bonds is 13. The van der Waals surface area contributed by atoms with Gasteiger partial charge in [-0.2, -0.15) is 10.2 Å². The Bertz CT molecular complexity index is 1420. The second-order valence-corrected chi connectivity index (χ2v) is 9.32. The van der Waals surface area contributed by atoms with E-state index in [1.807, 2.05) is 6.92 Å². The predicted octanol–water partition coefficient (Wildman–Crippen LogP) is 4.55. The van der Waals surface area contributed by atoms with E-state index in [0.717, 1.165) is 0 Å². The number of carbonyl (C=O) groups excluding carboxylic acids is 4. The lowest BCUT2D eigenvalue weighted by Gasteiger charge is -2.25. The molecule has 1 aliphatic rings. The molecule has 13 heteroatoms. The van der Waals surface area contributed by atoms with E-state index in [9.17, 15) is 19.2 Å². The SMILES string of the molecule is C/C=C/COC(=O)c1ccccc1N1N=C(C(=O)OCC)[C@@H](COC(=O)c2ccccc2N/N=C(/Cl)C(=O)OCC)[C@@H]1C. The molecule has 2 atom stereocenters. The minimum absolute atomic E-state index is 0.0384. The molecule has 1 aliphatic heterocycles. The van der Waals surface area contributed by atoms with Crippen LogP contribution in [0.2, 0.25) is 0 Å². The van der Waals surface area contributed by atoms with Crippen molar-refractivity contribution in [1.29, 1.82) is 0 Å². The van der Waals surface area contributed by atoms with Crippen LogP contribution in [0.3, 0.4) is 0 Å². The van der Waals surface area contributed by atoms with Gasteiger partial charge in [0.25, 0.3) is 0 Å². The van der Waals surface area contributed by atoms with E-state index >= 15 is 0 Å². The topological polar surface area (TPSA) is 145 Å². The smallest absolute Gasteiger partial charge is 0.370 e. The number of para-hydroxylation sites is 2. The van der Waals surface area contributed by atoms with Crippen LogP contribution in [0.4, 0.5) is 11.4 Å². The van der Waals surface area contributed by atoms with Crippen molar-refractivity contribution in [2.75, 3.05) is 36.9 Å². The summed E-state index contributed by atoms with van der Waals surface area (Å²) in [5, 5.41) is 9.35. The number of hydrogen-bond acceptors (Lipinski definition) is 12. The maximum absolute atomic E-state index is 13.2. The first kappa shape index (κ1) is 32.8. The van der Waals surface area contributed by atoms with Crippen LogP contribution in [-0.4, -0.2) is 67.2 Å². The first-order valence-corrected chi connectivity index (χ1v) is 14.0. The van der Waals surface area contributed by atoms with Gasteiger partial charge in [-0.15, -0.1) is 0 Å². The largest absolute Gasteiger partial charge is 0.461 e. The normalized spacial score (nSPS) is 16.4. The van der Waals surface area contributed by atoms with Gasteiger partial charge in [0.15, 0.2) is 5.71 Å². The van der Waals surface area contributed by atoms with Crippen LogP contribution in [-0.2, 0) is 28.5 Å². The maximum Gasteiger partial charge on any atom is 0.370 e. The highest BCUT2D eigenvalue weighted by Crippen LogP contribution is 2.32. The molecule has 43 heavy (non-hydrogen) atoms. The minimum atomic E-state index is -0.824. The van der Waals surface area contributed by atoms with Crippen molar-refractivity contribution in [3.63, 3.8) is 0 Å². The zero-order valence-electron chi connectivity index (χ0n) is 24.2. The Balaban J connectivity index is 1.83. The third-order valence-corrected chi connectivity index (χ3v) is 6.43. The van der Waals surface area contributed by atoms with Gasteiger partial charge >= 0.3 is 23.9 Å². The highest BCUT2D eigenvalue weighted by atomic mass is 35.5. The summed E-state index contributed by atoms with van der Waals surface area (Å²) in [7, 11) is 0. The van der Waals surface area contributed by atoms with E-state index in [0.29, 0.717) is 5.69 Å². The van der Waals surface area contributed by atoms with Crippen LogP contribution < -0.4 is 10.4 Å². The zero-order valence-corrected chi connectivity index (χ0v) is 25.0. The number of ether oxygens (including phenoxy) is 4. The number of carbonyl (C=O) groups is 4. The second kappa shape index (κ2) is 16.1. The Morgan fingerprint density at radius 3 is 2.28 bits per heavy atom. The Kier molecular flexibility index (Phi) is 12.3. The highest BCUT2D eigenvalue weighted by Gasteiger charge is 2.41. The van der Waals surface area contributed by atoms with Gasteiger partial charge in [0, 0.05) is 0 Å². The number of anilines is 2. The van der Waals surface area contributed by atoms with Crippen molar-refractivity contribution in [2.24, 2.45) is 16.1 Å². The van der Waals surface area contributed by atoms with Crippen LogP contribution in [0.25, 0.3) is 0 Å². The van der Waals surface area contributed by atoms with E-state index in [-0.39, 0.29) is 49.0 Å². The molecule has 0 radical (unpaired) electrons. The summed E-state index contributed by atoms with van der Waals surface area (Å²) in [6, 6.07) is 12.5. The lowest BCUT2D eigenvalue weighted by molar-refractivity contribution is -0.136. The minimum Gasteiger partial charge on any atom is -0.461 e. The standard InChI is InChI=1S/C30H33ClN4O8/c1-5-8-17-42-28(37)21-14-10-12-16-24(21)35-19(4)22(25(34-35)29(38)40-6-2)18-43-27(36)20-13-9-11-15-23(20)32-33-26(31)30(39)41-7-3/h5,8-16,19,22,32H,6-7,17-18H2,1-4H3/b8-5+,33-26+/t19-,22-/m0/s1. The molecule has 0 spiro atoms. The number of hydrogen-bond donors (Lipinski definition) is 1. The third-order valence-electron chi connectivity index (χ3n) is 6.20. The van der Waals surface area contributed by atoms with E-state index in [2.05, 4.69) is 15.6 Å². The van der Waals surface area contributed by atoms with Gasteiger partial charge in [0.1, 0.15) is 13.2 Å². The van der Waals surface area contributed by atoms with Crippen LogP contribution >= 0.6 is 11.6 Å². The first-order chi connectivity index (χ1) is 20.7. The Morgan fingerprint density at radius 2 is 1.58 bits per heavy atom. The first-order valence-electron chi connectivity index (χ1n) is 13.6. The van der Waals surface area contributed by atoms with Gasteiger partial charge in [-0.05, 0) is 52.0 Å². The average Bonchev–Trinajstić information content (AvgIpc) is 3.34. The summed E-state index contributed by atoms with van der Waals surface area (Å²) >= 11 is 5.86. The van der Waals surface area contributed by atoms with E-state index in [1.165, 1.54) is 11.1 Å². The summed E-state index contributed by atoms with van der Waals surface area (Å²) in [6.07, 6.45) is 3.47. The van der Waals surface area contributed by atoms with Gasteiger partial charge in [-0.3, -0.25) is 10.4 Å². The molecule has 2 aromatic rings. The monoisotopic (exact) mass is 612 g/mol. The summed E-state index contributed by atoms with van der Waals surface area (Å²) in [5.41, 5.74) is 3.62. The van der Waals surface area contributed by atoms with Crippen LogP contribution in [0.5, 0.6) is 0 Å². The fourth-order valence-corrected chi connectivity index (χ4v) is 4.16. The van der Waals surface area contributed by atoms with Crippen LogP contribution in [0.1, 0.15) is 48.4 Å². The predicted molar refractivity (Wildman–Crippen MR) is 161 cm³/mol. The van der Waals surface area contributed by atoms with Gasteiger partial charge in [0.05, 0.1) is 47.7 Å². The molecule has 0 amide bonds. The molecule has 1 heterocycles. The Morgan fingerprint density at radius 1 is 0.930 bits per heavy atom. The summed E-state index contributed by atoms with van der Waals surface area (Å²) in [5.74, 6) is -3.48. The number of hydrazone groups is 2. The third kappa shape index (κ3) is 8.41. The second-order valence-electron chi connectivity index (χ2n) is 8.96. The number of nitrogens with zero attached hydrogens (tertiary/aromatic N) is 3. The quantitative estimate of drug-likeness (QED) is 0.112. The van der Waals surface area contributed by atoms with Crippen LogP contribution in [0.15, 0.2) is 70.9 Å². The lowest BCUT2D eigenvalue weighted by atomic mass is 9.97. The van der Waals surface area contributed by atoms with Gasteiger partial charge in [-0.1, -0.05) is 48.0 Å². The zero-order chi connectivity index (χ0) is 31.4. The molecule has 0 saturated heterocycles. The number of halogens is 1. The van der Waals surface area contributed by atoms with Crippen molar-refractivity contribution >= 4 is 57.7 Å². The summed E-state index contributed by atoms with van der Waals surface area (Å²) < 4.78 is 21.0. The molecule has 0 bridgehead atoms. The fourth-order valence-electron chi connectivity index (χ4n) is 4.06. The van der Waals surface area contributed by atoms with E-state index in [4.69, 9.17) is 30.5 Å². The van der Waals surface area contributed by atoms with Crippen molar-refractivity contribution in [3.05, 3.63) is 71.8 Å². The van der Waals surface area contributed by atoms with Gasteiger partial charge in [-0.25, -0.2) is 19.2 Å². The number of allylic oxidation sites excluding steroid dienone is 1. The molecule has 1 N–H and O–H groups in total. The molecule has 3 rings (SSSR count). The van der Waals surface area contributed by atoms with Crippen molar-refractivity contribution in [3.8, 4) is 0 Å². The number of esters is 4. The van der Waals surface area contributed by atoms with Crippen LogP contribution in [0, 0.1) is 5.92 Å². The summed E-state index contributed by atoms with van der Waals surface area (Å²) in [6.45, 7) is 7.00. The van der Waals surface area contributed by atoms with Crippen molar-refractivity contribution in [1.82, 2.24) is 0 Å². The van der Waals surface area contributed by atoms with Crippen molar-refractivity contribution in [2.45, 2.75) is 33.7 Å². The summed E-state index contributed by atoms with van der Waals surface area (Å²) in [4.78, 5) is 50.6. The fraction of sp³-hybridized carbons (Fsp3) is 0.333. The molecular weight excluding hydrogens is 580 g/mol. The molecule has 2 aromatic carbocycles. The molecule has 0 aliphatic carbocycles. The Labute approximate surface area is 254 Å². The highest BCUT2D eigenvalue weighted by molar-refractivity contribution is 6.82. The van der Waals surface area contributed by atoms with Gasteiger partial charge in [0.2, 0.25) is 5.17 Å². The van der Waals surface area contributed by atoms with E-state index < -0.39 is 41.0 Å². The lowest BCUT2D eigenvalue weighted by Crippen LogP contribution is -2.37. The van der Waals surface area contributed by atoms with Gasteiger partial charge < -0.3 is 18.9 Å². The molecule has 0 unspecified atom stereocenters. The molecule has 0 aromatic heterocycles. The van der Waals surface area contributed by atoms with Crippen molar-refractivity contribution < 1.29 is 38.1 Å². The number of benzene rings is 2. The molecular formula is C30H33ClN4O8. The molecule has 12 nitrogen and oxygen atoms in total. The molecule has 228 valence electrons. The van der Waals surface area contributed by atoms with E-state index in [1.54, 1.807) is 75.4 Å².